The Morgan fingerprint density at radius 2 is 2.50 bits per heavy atom. The monoisotopic (exact) mass is 141 g/mol. The van der Waals surface area contributed by atoms with E-state index in [1.807, 2.05) is 0 Å². The molecule has 2 saturated heterocycles. The number of methoxy groups -OCH3 is 1. The molecule has 0 amide bonds. The van der Waals surface area contributed by atoms with Crippen LogP contribution in [0.2, 0.25) is 0 Å². The summed E-state index contributed by atoms with van der Waals surface area (Å²) in [5, 5.41) is 0. The first kappa shape index (κ1) is 6.16. The minimum atomic E-state index is -0.158. The van der Waals surface area contributed by atoms with Crippen LogP contribution in [0.5, 0.6) is 0 Å². The first-order valence-electron chi connectivity index (χ1n) is 3.63. The van der Waals surface area contributed by atoms with E-state index in [1.54, 1.807) is 0 Å². The number of rotatable bonds is 1. The third-order valence-electron chi connectivity index (χ3n) is 2.54. The second-order valence-corrected chi connectivity index (χ2v) is 3.05. The fourth-order valence-electron chi connectivity index (χ4n) is 1.86. The standard InChI is InChI=1S/C7H11NO2/c1-10-6(9)7-3-2-4-8(7)5-7/h2-5H2,1H3. The average Bonchev–Trinajstić information content (AvgIpc) is 2.54. The number of carbonyl (C=O) groups excluding carboxylic acids is 1. The van der Waals surface area contributed by atoms with Crippen molar-refractivity contribution in [2.24, 2.45) is 0 Å². The molecule has 3 heteroatoms. The van der Waals surface area contributed by atoms with Crippen LogP contribution in [0.25, 0.3) is 0 Å². The van der Waals surface area contributed by atoms with Crippen molar-refractivity contribution in [3.8, 4) is 0 Å². The van der Waals surface area contributed by atoms with Gasteiger partial charge in [-0.15, -0.1) is 0 Å². The molecule has 10 heavy (non-hydrogen) atoms. The number of fused-ring (bicyclic) bond motifs is 1. The SMILES string of the molecule is COC(=O)C12CCCN1C2. The lowest BCUT2D eigenvalue weighted by molar-refractivity contribution is -0.144. The van der Waals surface area contributed by atoms with E-state index in [9.17, 15) is 4.79 Å². The van der Waals surface area contributed by atoms with E-state index < -0.39 is 0 Å². The minimum absolute atomic E-state index is 0.0370. The predicted octanol–water partition coefficient (Wildman–Crippen LogP) is 0.00760. The molecule has 0 bridgehead atoms. The third-order valence-corrected chi connectivity index (χ3v) is 2.54. The first-order valence-corrected chi connectivity index (χ1v) is 3.63. The molecule has 2 atom stereocenters. The first-order chi connectivity index (χ1) is 4.79. The van der Waals surface area contributed by atoms with E-state index in [-0.39, 0.29) is 11.5 Å². The zero-order chi connectivity index (χ0) is 7.19. The van der Waals surface area contributed by atoms with Gasteiger partial charge in [0.05, 0.1) is 7.11 Å². The molecule has 2 unspecified atom stereocenters. The lowest BCUT2D eigenvalue weighted by atomic mass is 10.1. The number of esters is 1. The summed E-state index contributed by atoms with van der Waals surface area (Å²) in [6.07, 6.45) is 2.15. The molecule has 0 aromatic rings. The largest absolute Gasteiger partial charge is 0.468 e. The fourth-order valence-corrected chi connectivity index (χ4v) is 1.86. The molecule has 2 rings (SSSR count). The molecule has 0 aromatic carbocycles. The van der Waals surface area contributed by atoms with E-state index in [0.29, 0.717) is 0 Å². The maximum Gasteiger partial charge on any atom is 0.327 e. The summed E-state index contributed by atoms with van der Waals surface area (Å²) in [5.74, 6) is -0.0370. The Balaban J connectivity index is 2.11. The summed E-state index contributed by atoms with van der Waals surface area (Å²) in [6.45, 7) is 2.01. The van der Waals surface area contributed by atoms with Gasteiger partial charge in [-0.1, -0.05) is 0 Å². The van der Waals surface area contributed by atoms with Crippen molar-refractivity contribution >= 4 is 5.97 Å². The Morgan fingerprint density at radius 3 is 2.90 bits per heavy atom. The predicted molar refractivity (Wildman–Crippen MR) is 35.6 cm³/mol. The third kappa shape index (κ3) is 0.560. The van der Waals surface area contributed by atoms with Gasteiger partial charge in [0.2, 0.25) is 0 Å². The van der Waals surface area contributed by atoms with Gasteiger partial charge in [0.25, 0.3) is 0 Å². The van der Waals surface area contributed by atoms with E-state index in [4.69, 9.17) is 4.74 Å². The second kappa shape index (κ2) is 1.72. The van der Waals surface area contributed by atoms with Crippen LogP contribution < -0.4 is 0 Å². The van der Waals surface area contributed by atoms with Crippen LogP contribution in [0, 0.1) is 0 Å². The quantitative estimate of drug-likeness (QED) is 0.380. The van der Waals surface area contributed by atoms with Crippen LogP contribution >= 0.6 is 0 Å². The van der Waals surface area contributed by atoms with Gasteiger partial charge in [0.15, 0.2) is 0 Å². The van der Waals surface area contributed by atoms with Crippen molar-refractivity contribution in [2.75, 3.05) is 20.2 Å². The summed E-state index contributed by atoms with van der Waals surface area (Å²) in [4.78, 5) is 13.3. The number of hydrogen-bond donors (Lipinski definition) is 0. The smallest absolute Gasteiger partial charge is 0.327 e. The molecule has 2 aliphatic rings. The Labute approximate surface area is 60.0 Å². The Morgan fingerprint density at radius 1 is 1.70 bits per heavy atom. The van der Waals surface area contributed by atoms with Gasteiger partial charge >= 0.3 is 5.97 Å². The zero-order valence-electron chi connectivity index (χ0n) is 6.09. The van der Waals surface area contributed by atoms with Crippen molar-refractivity contribution in [1.29, 1.82) is 0 Å². The van der Waals surface area contributed by atoms with Gasteiger partial charge in [-0.3, -0.25) is 4.90 Å². The molecule has 0 aliphatic carbocycles. The van der Waals surface area contributed by atoms with Crippen LogP contribution in [0.4, 0.5) is 0 Å². The molecule has 2 heterocycles. The molecule has 0 aromatic heterocycles. The molecule has 0 spiro atoms. The molecular formula is C7H11NO2. The maximum atomic E-state index is 11.1. The normalized spacial score (nSPS) is 42.7. The molecule has 56 valence electrons. The Hall–Kier alpha value is -0.570. The van der Waals surface area contributed by atoms with Crippen molar-refractivity contribution in [3.63, 3.8) is 0 Å². The van der Waals surface area contributed by atoms with E-state index >= 15 is 0 Å². The summed E-state index contributed by atoms with van der Waals surface area (Å²) in [6, 6.07) is 0. The molecule has 3 nitrogen and oxygen atoms in total. The van der Waals surface area contributed by atoms with E-state index in [2.05, 4.69) is 4.90 Å². The maximum absolute atomic E-state index is 11.1. The van der Waals surface area contributed by atoms with Gasteiger partial charge in [0, 0.05) is 6.54 Å². The van der Waals surface area contributed by atoms with Crippen LogP contribution in [-0.2, 0) is 9.53 Å². The number of ether oxygens (including phenoxy) is 1. The highest BCUT2D eigenvalue weighted by atomic mass is 16.5. The molecular weight excluding hydrogens is 130 g/mol. The van der Waals surface area contributed by atoms with Crippen molar-refractivity contribution < 1.29 is 9.53 Å². The average molecular weight is 141 g/mol. The number of nitrogens with zero attached hydrogens (tertiary/aromatic N) is 1. The van der Waals surface area contributed by atoms with Gasteiger partial charge in [-0.2, -0.15) is 0 Å². The summed E-state index contributed by atoms with van der Waals surface area (Å²) in [5.41, 5.74) is -0.158. The fraction of sp³-hybridized carbons (Fsp3) is 0.857. The van der Waals surface area contributed by atoms with Crippen LogP contribution in [0.3, 0.4) is 0 Å². The number of hydrogen-bond acceptors (Lipinski definition) is 3. The second-order valence-electron chi connectivity index (χ2n) is 3.05. The van der Waals surface area contributed by atoms with Gasteiger partial charge in [0.1, 0.15) is 5.54 Å². The van der Waals surface area contributed by atoms with Gasteiger partial charge < -0.3 is 4.74 Å². The van der Waals surface area contributed by atoms with E-state index in [0.717, 1.165) is 25.9 Å². The van der Waals surface area contributed by atoms with Crippen molar-refractivity contribution in [3.05, 3.63) is 0 Å². The minimum Gasteiger partial charge on any atom is -0.468 e. The molecule has 0 N–H and O–H groups in total. The van der Waals surface area contributed by atoms with Gasteiger partial charge in [-0.05, 0) is 19.4 Å². The number of carbonyl (C=O) groups is 1. The highest BCUT2D eigenvalue weighted by Crippen LogP contribution is 2.43. The highest BCUT2D eigenvalue weighted by molar-refractivity contribution is 5.85. The van der Waals surface area contributed by atoms with Crippen LogP contribution in [0.1, 0.15) is 12.8 Å². The van der Waals surface area contributed by atoms with Crippen LogP contribution in [0.15, 0.2) is 0 Å². The lowest BCUT2D eigenvalue weighted by Crippen LogP contribution is -2.26. The topological polar surface area (TPSA) is 29.3 Å². The summed E-state index contributed by atoms with van der Waals surface area (Å²) >= 11 is 0. The Kier molecular flexibility index (Phi) is 1.06. The van der Waals surface area contributed by atoms with E-state index in [1.165, 1.54) is 7.11 Å². The van der Waals surface area contributed by atoms with Crippen molar-refractivity contribution in [1.82, 2.24) is 4.90 Å². The van der Waals surface area contributed by atoms with Gasteiger partial charge in [-0.25, -0.2) is 4.79 Å². The lowest BCUT2D eigenvalue weighted by Gasteiger charge is -2.05. The van der Waals surface area contributed by atoms with Crippen molar-refractivity contribution in [2.45, 2.75) is 18.4 Å². The zero-order valence-corrected chi connectivity index (χ0v) is 6.09. The Bertz CT molecular complexity index is 180. The highest BCUT2D eigenvalue weighted by Gasteiger charge is 2.61. The summed E-state index contributed by atoms with van der Waals surface area (Å²) in [7, 11) is 1.46. The summed E-state index contributed by atoms with van der Waals surface area (Å²) < 4.78 is 4.70. The molecule has 2 fully saturated rings. The molecule has 0 saturated carbocycles. The number of piperidine rings is 1. The molecule has 2 aliphatic heterocycles. The molecule has 0 radical (unpaired) electrons. The van der Waals surface area contributed by atoms with Crippen LogP contribution in [-0.4, -0.2) is 36.6 Å².